The number of amides is 1. The van der Waals surface area contributed by atoms with Crippen molar-refractivity contribution >= 4 is 5.91 Å². The number of hydrogen-bond donors (Lipinski definition) is 2. The summed E-state index contributed by atoms with van der Waals surface area (Å²) in [6.07, 6.45) is 3.24. The molecular formula is C15H19FN2O. The Morgan fingerprint density at radius 3 is 2.68 bits per heavy atom. The Labute approximate surface area is 112 Å². The molecule has 2 aliphatic carbocycles. The highest BCUT2D eigenvalue weighted by Crippen LogP contribution is 2.47. The van der Waals surface area contributed by atoms with E-state index in [-0.39, 0.29) is 29.6 Å². The normalized spacial score (nSPS) is 26.8. The first-order valence-electron chi connectivity index (χ1n) is 6.94. The van der Waals surface area contributed by atoms with Crippen LogP contribution in [0.3, 0.4) is 0 Å². The lowest BCUT2D eigenvalue weighted by atomic mass is 10.1. The van der Waals surface area contributed by atoms with Gasteiger partial charge in [0.2, 0.25) is 5.91 Å². The van der Waals surface area contributed by atoms with Crippen LogP contribution < -0.4 is 11.1 Å². The summed E-state index contributed by atoms with van der Waals surface area (Å²) < 4.78 is 12.8. The smallest absolute Gasteiger partial charge is 0.223 e. The first-order valence-corrected chi connectivity index (χ1v) is 6.94. The summed E-state index contributed by atoms with van der Waals surface area (Å²) in [5, 5.41) is 2.94. The van der Waals surface area contributed by atoms with E-state index in [9.17, 15) is 9.18 Å². The van der Waals surface area contributed by atoms with Crippen LogP contribution in [0.2, 0.25) is 0 Å². The van der Waals surface area contributed by atoms with E-state index >= 15 is 0 Å². The van der Waals surface area contributed by atoms with Crippen LogP contribution in [0.15, 0.2) is 24.3 Å². The van der Waals surface area contributed by atoms with Crippen LogP contribution in [0.1, 0.15) is 30.7 Å². The van der Waals surface area contributed by atoms with Crippen LogP contribution in [0.4, 0.5) is 4.39 Å². The van der Waals surface area contributed by atoms with Crippen molar-refractivity contribution in [1.29, 1.82) is 0 Å². The molecule has 3 N–H and O–H groups in total. The molecule has 2 saturated carbocycles. The van der Waals surface area contributed by atoms with Gasteiger partial charge in [-0.3, -0.25) is 4.79 Å². The summed E-state index contributed by atoms with van der Waals surface area (Å²) in [5.74, 6) is 0.744. The van der Waals surface area contributed by atoms with E-state index in [0.717, 1.165) is 12.0 Å². The van der Waals surface area contributed by atoms with E-state index in [0.29, 0.717) is 12.5 Å². The number of benzene rings is 1. The van der Waals surface area contributed by atoms with Gasteiger partial charge in [-0.2, -0.15) is 0 Å². The van der Waals surface area contributed by atoms with Crippen molar-refractivity contribution < 1.29 is 9.18 Å². The van der Waals surface area contributed by atoms with Crippen molar-refractivity contribution in [1.82, 2.24) is 5.32 Å². The summed E-state index contributed by atoms with van der Waals surface area (Å²) in [6, 6.07) is 6.54. The Hall–Kier alpha value is -1.42. The lowest BCUT2D eigenvalue weighted by Crippen LogP contribution is -2.39. The maximum Gasteiger partial charge on any atom is 0.223 e. The molecule has 102 valence electrons. The van der Waals surface area contributed by atoms with Gasteiger partial charge in [-0.1, -0.05) is 12.1 Å². The number of carbonyl (C=O) groups excluding carboxylic acids is 1. The van der Waals surface area contributed by atoms with E-state index in [1.807, 2.05) is 0 Å². The second-order valence-corrected chi connectivity index (χ2v) is 5.75. The Bertz CT molecular complexity index is 470. The monoisotopic (exact) mass is 262 g/mol. The number of nitrogens with one attached hydrogen (secondary N) is 1. The van der Waals surface area contributed by atoms with Crippen LogP contribution >= 0.6 is 0 Å². The van der Waals surface area contributed by atoms with Crippen molar-refractivity contribution in [3.63, 3.8) is 0 Å². The van der Waals surface area contributed by atoms with Crippen molar-refractivity contribution in [3.8, 4) is 0 Å². The predicted octanol–water partition coefficient (Wildman–Crippen LogP) is 1.78. The summed E-state index contributed by atoms with van der Waals surface area (Å²) in [4.78, 5) is 12.0. The molecule has 19 heavy (non-hydrogen) atoms. The van der Waals surface area contributed by atoms with Gasteiger partial charge in [0.05, 0.1) is 0 Å². The van der Waals surface area contributed by atoms with Gasteiger partial charge in [0.15, 0.2) is 0 Å². The number of rotatable bonds is 5. The molecule has 0 bridgehead atoms. The predicted molar refractivity (Wildman–Crippen MR) is 71.0 cm³/mol. The Morgan fingerprint density at radius 1 is 1.37 bits per heavy atom. The summed E-state index contributed by atoms with van der Waals surface area (Å²) >= 11 is 0. The van der Waals surface area contributed by atoms with Crippen molar-refractivity contribution in [2.24, 2.45) is 17.6 Å². The van der Waals surface area contributed by atoms with Gasteiger partial charge in [-0.15, -0.1) is 0 Å². The van der Waals surface area contributed by atoms with Crippen LogP contribution in [0, 0.1) is 17.7 Å². The molecular weight excluding hydrogens is 243 g/mol. The van der Waals surface area contributed by atoms with Crippen molar-refractivity contribution in [3.05, 3.63) is 35.6 Å². The Morgan fingerprint density at radius 2 is 2.05 bits per heavy atom. The minimum Gasteiger partial charge on any atom is -0.354 e. The maximum absolute atomic E-state index is 12.8. The van der Waals surface area contributed by atoms with Crippen LogP contribution in [0.5, 0.6) is 0 Å². The third-order valence-corrected chi connectivity index (χ3v) is 4.16. The highest BCUT2D eigenvalue weighted by Gasteiger charge is 2.44. The SMILES string of the molecule is NC(CNC(=O)C1CC1c1ccc(F)cc1)C1CC1. The lowest BCUT2D eigenvalue weighted by molar-refractivity contribution is -0.122. The molecule has 0 heterocycles. The van der Waals surface area contributed by atoms with Crippen LogP contribution in [0.25, 0.3) is 0 Å². The third-order valence-electron chi connectivity index (χ3n) is 4.16. The standard InChI is InChI=1S/C15H19FN2O/c16-11-5-3-9(4-6-11)12-7-13(12)15(19)18-8-14(17)10-1-2-10/h3-6,10,12-14H,1-2,7-8,17H2,(H,18,19). The highest BCUT2D eigenvalue weighted by molar-refractivity contribution is 5.82. The third kappa shape index (κ3) is 2.95. The van der Waals surface area contributed by atoms with Gasteiger partial charge < -0.3 is 11.1 Å². The lowest BCUT2D eigenvalue weighted by Gasteiger charge is -2.11. The molecule has 0 saturated heterocycles. The number of halogens is 1. The quantitative estimate of drug-likeness (QED) is 0.850. The Balaban J connectivity index is 1.48. The molecule has 3 nitrogen and oxygen atoms in total. The molecule has 1 aromatic carbocycles. The van der Waals surface area contributed by atoms with Crippen LogP contribution in [-0.2, 0) is 4.79 Å². The average Bonchev–Trinajstić information content (AvgIpc) is 3.28. The molecule has 1 aromatic rings. The molecule has 3 rings (SSSR count). The maximum atomic E-state index is 12.8. The topological polar surface area (TPSA) is 55.1 Å². The largest absolute Gasteiger partial charge is 0.354 e. The summed E-state index contributed by atoms with van der Waals surface area (Å²) in [6.45, 7) is 0.580. The fourth-order valence-electron chi connectivity index (χ4n) is 2.60. The zero-order chi connectivity index (χ0) is 13.4. The van der Waals surface area contributed by atoms with Crippen molar-refractivity contribution in [2.75, 3.05) is 6.54 Å². The fourth-order valence-corrected chi connectivity index (χ4v) is 2.60. The molecule has 0 aliphatic heterocycles. The second kappa shape index (κ2) is 4.93. The van der Waals surface area contributed by atoms with E-state index in [4.69, 9.17) is 5.73 Å². The van der Waals surface area contributed by atoms with Gasteiger partial charge in [-0.05, 0) is 48.8 Å². The van der Waals surface area contributed by atoms with E-state index in [1.165, 1.54) is 25.0 Å². The van der Waals surface area contributed by atoms with E-state index in [1.54, 1.807) is 12.1 Å². The minimum atomic E-state index is -0.235. The molecule has 0 spiro atoms. The number of carbonyl (C=O) groups is 1. The van der Waals surface area contributed by atoms with Gasteiger partial charge in [0.1, 0.15) is 5.82 Å². The van der Waals surface area contributed by atoms with Gasteiger partial charge in [-0.25, -0.2) is 4.39 Å². The summed E-state index contributed by atoms with van der Waals surface area (Å²) in [5.41, 5.74) is 7.00. The second-order valence-electron chi connectivity index (χ2n) is 5.75. The molecule has 2 aliphatic rings. The molecule has 0 aromatic heterocycles. The molecule has 4 heteroatoms. The van der Waals surface area contributed by atoms with Crippen LogP contribution in [-0.4, -0.2) is 18.5 Å². The Kier molecular flexibility index (Phi) is 3.27. The highest BCUT2D eigenvalue weighted by atomic mass is 19.1. The minimum absolute atomic E-state index is 0.0388. The van der Waals surface area contributed by atoms with Gasteiger partial charge >= 0.3 is 0 Å². The van der Waals surface area contributed by atoms with Crippen molar-refractivity contribution in [2.45, 2.75) is 31.2 Å². The molecule has 1 amide bonds. The van der Waals surface area contributed by atoms with E-state index in [2.05, 4.69) is 5.32 Å². The first-order chi connectivity index (χ1) is 9.15. The number of nitrogens with two attached hydrogens (primary N) is 1. The molecule has 3 atom stereocenters. The summed E-state index contributed by atoms with van der Waals surface area (Å²) in [7, 11) is 0. The number of hydrogen-bond acceptors (Lipinski definition) is 2. The fraction of sp³-hybridized carbons (Fsp3) is 0.533. The van der Waals surface area contributed by atoms with E-state index < -0.39 is 0 Å². The average molecular weight is 262 g/mol. The zero-order valence-corrected chi connectivity index (χ0v) is 10.8. The molecule has 2 fully saturated rings. The zero-order valence-electron chi connectivity index (χ0n) is 10.8. The van der Waals surface area contributed by atoms with Gasteiger partial charge in [0, 0.05) is 18.5 Å². The molecule has 0 radical (unpaired) electrons. The first kappa shape index (κ1) is 12.6. The van der Waals surface area contributed by atoms with Gasteiger partial charge in [0.25, 0.3) is 0 Å². The molecule has 3 unspecified atom stereocenters.